The lowest BCUT2D eigenvalue weighted by molar-refractivity contribution is -0.286. The maximum atomic E-state index is 13.3. The average Bonchev–Trinajstić information content (AvgIpc) is 3.27. The number of hydrogen-bond donors (Lipinski definition) is 1. The van der Waals surface area contributed by atoms with Crippen LogP contribution in [-0.2, 0) is 6.54 Å². The molecule has 2 aliphatic heterocycles. The van der Waals surface area contributed by atoms with Crippen LogP contribution in [0.1, 0.15) is 19.3 Å². The molecule has 3 heterocycles. The number of carbonyl (C=O) groups excluding carboxylic acids is 1. The summed E-state index contributed by atoms with van der Waals surface area (Å²) < 4.78 is 37.3. The standard InChI is InChI=1S/C18H20F2N4O3/c19-18(20)26-15-4-1-3-14(16(15)27-18)22-17(25)23-10-5-13(6-11-23)7-12-24-9-2-8-21-24/h1-4,8-9,13H,5-7,10-12H2,(H,22,25). The van der Waals surface area contributed by atoms with Crippen molar-refractivity contribution in [3.05, 3.63) is 36.7 Å². The number of ether oxygens (including phenoxy) is 2. The Morgan fingerprint density at radius 3 is 2.81 bits per heavy atom. The Morgan fingerprint density at radius 2 is 2.07 bits per heavy atom. The quantitative estimate of drug-likeness (QED) is 0.884. The number of carbonyl (C=O) groups is 1. The summed E-state index contributed by atoms with van der Waals surface area (Å²) in [5.41, 5.74) is 0.176. The number of benzene rings is 1. The third-order valence-corrected chi connectivity index (χ3v) is 4.90. The summed E-state index contributed by atoms with van der Waals surface area (Å²) in [5.74, 6) is 0.301. The molecule has 0 spiro atoms. The maximum Gasteiger partial charge on any atom is 0.586 e. The van der Waals surface area contributed by atoms with Crippen molar-refractivity contribution in [1.82, 2.24) is 14.7 Å². The number of likely N-dealkylation sites (tertiary alicyclic amines) is 1. The van der Waals surface area contributed by atoms with Crippen molar-refractivity contribution in [1.29, 1.82) is 0 Å². The monoisotopic (exact) mass is 378 g/mol. The molecule has 1 fully saturated rings. The third-order valence-electron chi connectivity index (χ3n) is 4.90. The molecule has 1 aromatic heterocycles. The molecule has 0 aliphatic carbocycles. The predicted octanol–water partition coefficient (Wildman–Crippen LogP) is 3.54. The lowest BCUT2D eigenvalue weighted by Gasteiger charge is -2.32. The Hall–Kier alpha value is -2.84. The van der Waals surface area contributed by atoms with Gasteiger partial charge in [0.05, 0.1) is 5.69 Å². The summed E-state index contributed by atoms with van der Waals surface area (Å²) in [6.45, 7) is 2.11. The first-order valence-corrected chi connectivity index (χ1v) is 8.92. The summed E-state index contributed by atoms with van der Waals surface area (Å²) >= 11 is 0. The minimum Gasteiger partial charge on any atom is -0.395 e. The Morgan fingerprint density at radius 1 is 1.26 bits per heavy atom. The first-order valence-electron chi connectivity index (χ1n) is 8.92. The molecule has 2 amide bonds. The number of nitrogens with one attached hydrogen (secondary N) is 1. The normalized spacial score (nSPS) is 18.5. The molecule has 9 heteroatoms. The largest absolute Gasteiger partial charge is 0.586 e. The van der Waals surface area contributed by atoms with E-state index in [2.05, 4.69) is 19.9 Å². The highest BCUT2D eigenvalue weighted by atomic mass is 19.3. The molecule has 1 N–H and O–H groups in total. The smallest absolute Gasteiger partial charge is 0.395 e. The van der Waals surface area contributed by atoms with Crippen molar-refractivity contribution in [2.45, 2.75) is 32.1 Å². The fourth-order valence-electron chi connectivity index (χ4n) is 3.43. The van der Waals surface area contributed by atoms with Gasteiger partial charge in [-0.15, -0.1) is 8.78 Å². The lowest BCUT2D eigenvalue weighted by atomic mass is 9.94. The molecule has 1 aromatic carbocycles. The van der Waals surface area contributed by atoms with Crippen LogP contribution < -0.4 is 14.8 Å². The number of aromatic nitrogens is 2. The average molecular weight is 378 g/mol. The molecule has 0 radical (unpaired) electrons. The zero-order chi connectivity index (χ0) is 18.9. The zero-order valence-electron chi connectivity index (χ0n) is 14.6. The van der Waals surface area contributed by atoms with Crippen molar-refractivity contribution < 1.29 is 23.0 Å². The van der Waals surface area contributed by atoms with Gasteiger partial charge in [-0.3, -0.25) is 4.68 Å². The van der Waals surface area contributed by atoms with Crippen LogP contribution in [0.15, 0.2) is 36.7 Å². The molecular formula is C18H20F2N4O3. The van der Waals surface area contributed by atoms with Crippen molar-refractivity contribution in [2.24, 2.45) is 5.92 Å². The van der Waals surface area contributed by atoms with Gasteiger partial charge in [0.15, 0.2) is 11.5 Å². The highest BCUT2D eigenvalue weighted by Gasteiger charge is 2.44. The molecule has 0 saturated carbocycles. The second kappa shape index (κ2) is 7.05. The summed E-state index contributed by atoms with van der Waals surface area (Å²) in [6.07, 6.45) is 2.81. The van der Waals surface area contributed by atoms with Crippen LogP contribution in [0.3, 0.4) is 0 Å². The molecule has 144 valence electrons. The Bertz CT molecular complexity index is 805. The van der Waals surface area contributed by atoms with Gasteiger partial charge in [-0.25, -0.2) is 4.79 Å². The number of rotatable bonds is 4. The van der Waals surface area contributed by atoms with E-state index < -0.39 is 6.29 Å². The van der Waals surface area contributed by atoms with E-state index >= 15 is 0 Å². The van der Waals surface area contributed by atoms with Gasteiger partial charge >= 0.3 is 12.3 Å². The van der Waals surface area contributed by atoms with E-state index in [1.165, 1.54) is 18.2 Å². The van der Waals surface area contributed by atoms with E-state index in [1.807, 2.05) is 16.9 Å². The van der Waals surface area contributed by atoms with E-state index in [0.29, 0.717) is 19.0 Å². The van der Waals surface area contributed by atoms with Gasteiger partial charge < -0.3 is 19.7 Å². The van der Waals surface area contributed by atoms with Crippen LogP contribution in [0.2, 0.25) is 0 Å². The van der Waals surface area contributed by atoms with Gasteiger partial charge in [-0.1, -0.05) is 6.07 Å². The van der Waals surface area contributed by atoms with Crippen molar-refractivity contribution >= 4 is 11.7 Å². The number of alkyl halides is 2. The number of nitrogens with zero attached hydrogens (tertiary/aromatic N) is 3. The van der Waals surface area contributed by atoms with Crippen molar-refractivity contribution in [2.75, 3.05) is 18.4 Å². The molecule has 27 heavy (non-hydrogen) atoms. The number of para-hydroxylation sites is 1. The minimum atomic E-state index is -3.71. The summed E-state index contributed by atoms with van der Waals surface area (Å²) in [6, 6.07) is 5.99. The molecule has 7 nitrogen and oxygen atoms in total. The number of hydrogen-bond acceptors (Lipinski definition) is 4. The molecule has 0 atom stereocenters. The van der Waals surface area contributed by atoms with Crippen LogP contribution in [0, 0.1) is 5.92 Å². The van der Waals surface area contributed by atoms with Gasteiger partial charge in [0, 0.05) is 32.0 Å². The number of anilines is 1. The van der Waals surface area contributed by atoms with Crippen LogP contribution >= 0.6 is 0 Å². The fraction of sp³-hybridized carbons (Fsp3) is 0.444. The molecule has 4 rings (SSSR count). The first kappa shape index (κ1) is 17.6. The molecule has 0 unspecified atom stereocenters. The second-order valence-electron chi connectivity index (χ2n) is 6.72. The Kier molecular flexibility index (Phi) is 4.59. The fourth-order valence-corrected chi connectivity index (χ4v) is 3.43. The maximum absolute atomic E-state index is 13.3. The highest BCUT2D eigenvalue weighted by Crippen LogP contribution is 2.45. The van der Waals surface area contributed by atoms with Gasteiger partial charge in [-0.2, -0.15) is 5.10 Å². The van der Waals surface area contributed by atoms with Gasteiger partial charge in [0.25, 0.3) is 0 Å². The lowest BCUT2D eigenvalue weighted by Crippen LogP contribution is -2.41. The number of piperidine rings is 1. The summed E-state index contributed by atoms with van der Waals surface area (Å²) in [4.78, 5) is 14.2. The Labute approximate surface area is 154 Å². The van der Waals surface area contributed by atoms with Crippen LogP contribution in [0.5, 0.6) is 11.5 Å². The molecule has 0 bridgehead atoms. The highest BCUT2D eigenvalue weighted by molar-refractivity contribution is 5.91. The summed E-state index contributed by atoms with van der Waals surface area (Å²) in [5, 5.41) is 6.85. The second-order valence-corrected chi connectivity index (χ2v) is 6.72. The van der Waals surface area contributed by atoms with Crippen LogP contribution in [0.4, 0.5) is 19.3 Å². The van der Waals surface area contributed by atoms with E-state index in [-0.39, 0.29) is 23.2 Å². The van der Waals surface area contributed by atoms with Gasteiger partial charge in [0.2, 0.25) is 0 Å². The van der Waals surface area contributed by atoms with Crippen LogP contribution in [0.25, 0.3) is 0 Å². The number of aryl methyl sites for hydroxylation is 1. The minimum absolute atomic E-state index is 0.0878. The predicted molar refractivity (Wildman–Crippen MR) is 92.8 cm³/mol. The SMILES string of the molecule is O=C(Nc1cccc2c1OC(F)(F)O2)N1CCC(CCn2cccn2)CC1. The van der Waals surface area contributed by atoms with Gasteiger partial charge in [-0.05, 0) is 43.4 Å². The third kappa shape index (κ3) is 3.96. The van der Waals surface area contributed by atoms with E-state index in [1.54, 1.807) is 11.1 Å². The number of fused-ring (bicyclic) bond motifs is 1. The first-order chi connectivity index (χ1) is 13.0. The summed E-state index contributed by atoms with van der Waals surface area (Å²) in [7, 11) is 0. The molecular weight excluding hydrogens is 358 g/mol. The van der Waals surface area contributed by atoms with E-state index in [9.17, 15) is 13.6 Å². The topological polar surface area (TPSA) is 68.6 Å². The van der Waals surface area contributed by atoms with Gasteiger partial charge in [0.1, 0.15) is 0 Å². The number of urea groups is 1. The molecule has 2 aromatic rings. The van der Waals surface area contributed by atoms with Crippen LogP contribution in [-0.4, -0.2) is 40.1 Å². The molecule has 1 saturated heterocycles. The van der Waals surface area contributed by atoms with E-state index in [0.717, 1.165) is 25.8 Å². The van der Waals surface area contributed by atoms with Crippen molar-refractivity contribution in [3.8, 4) is 11.5 Å². The van der Waals surface area contributed by atoms with Crippen molar-refractivity contribution in [3.63, 3.8) is 0 Å². The van der Waals surface area contributed by atoms with E-state index in [4.69, 9.17) is 0 Å². The number of halogens is 2. The zero-order valence-corrected chi connectivity index (χ0v) is 14.6. The number of amides is 2. The Balaban J connectivity index is 1.30. The molecule has 2 aliphatic rings.